The number of ether oxygens (including phenoxy) is 12. The van der Waals surface area contributed by atoms with E-state index in [1.54, 1.807) is 0 Å². The maximum absolute atomic E-state index is 11.5. The Morgan fingerprint density at radius 3 is 1.17 bits per heavy atom. The summed E-state index contributed by atoms with van der Waals surface area (Å²) in [7, 11) is 0. The van der Waals surface area contributed by atoms with E-state index in [-0.39, 0.29) is 61.0 Å². The predicted octanol–water partition coefficient (Wildman–Crippen LogP) is 23.4. The van der Waals surface area contributed by atoms with Crippen LogP contribution in [-0.2, 0) is 54.1 Å². The van der Waals surface area contributed by atoms with Gasteiger partial charge in [-0.3, -0.25) is 9.59 Å². The van der Waals surface area contributed by atoms with E-state index in [0.717, 1.165) is 112 Å². The number of benzene rings is 5. The Labute approximate surface area is 619 Å². The molecule has 2 heterocycles. The zero-order chi connectivity index (χ0) is 75.2. The molecule has 11 unspecified atom stereocenters. The second kappa shape index (κ2) is 52.0. The van der Waals surface area contributed by atoms with Gasteiger partial charge in [0.05, 0.1) is 44.4 Å². The molecule has 0 aromatic heterocycles. The zero-order valence-electron chi connectivity index (χ0n) is 66.9. The summed E-state index contributed by atoms with van der Waals surface area (Å²) >= 11 is 0. The monoisotopic (exact) mass is 1420 g/mol. The molecule has 2 saturated heterocycles. The first-order valence-electron chi connectivity index (χ1n) is 39.1. The highest BCUT2D eigenvalue weighted by Crippen LogP contribution is 2.30. The minimum absolute atomic E-state index is 0.00537. The molecule has 1 aliphatic carbocycles. The number of carbonyl (C=O) groups is 2. The maximum Gasteiger partial charge on any atom is 0.313 e. The molecule has 3 fully saturated rings. The van der Waals surface area contributed by atoms with Crippen molar-refractivity contribution in [2.24, 2.45) is 23.2 Å². The van der Waals surface area contributed by atoms with Gasteiger partial charge in [0.15, 0.2) is 25.2 Å². The summed E-state index contributed by atoms with van der Waals surface area (Å²) in [6.45, 7) is 45.6. The summed E-state index contributed by atoms with van der Waals surface area (Å²) in [5.41, 5.74) is 6.22. The van der Waals surface area contributed by atoms with Gasteiger partial charge in [-0.1, -0.05) is 201 Å². The summed E-state index contributed by atoms with van der Waals surface area (Å²) in [6, 6.07) is 43.5. The van der Waals surface area contributed by atoms with Crippen LogP contribution in [0.25, 0.3) is 0 Å². The average Bonchev–Trinajstić information content (AvgIpc) is 1.35. The molecule has 11 atom stereocenters. The van der Waals surface area contributed by atoms with Crippen molar-refractivity contribution < 1.29 is 66.4 Å². The molecule has 1 saturated carbocycles. The van der Waals surface area contributed by atoms with Crippen LogP contribution in [0, 0.1) is 23.2 Å². The summed E-state index contributed by atoms with van der Waals surface area (Å²) in [5.74, 6) is 7.02. The second-order valence-corrected chi connectivity index (χ2v) is 28.7. The topological polar surface area (TPSA) is 145 Å². The Bertz CT molecular complexity index is 2860. The Kier molecular flexibility index (Phi) is 46.0. The van der Waals surface area contributed by atoms with Crippen molar-refractivity contribution in [2.75, 3.05) is 33.0 Å². The van der Waals surface area contributed by atoms with Crippen LogP contribution in [0.5, 0.6) is 23.0 Å². The molecule has 3 aliphatic rings. The highest BCUT2D eigenvalue weighted by molar-refractivity contribution is 5.76. The van der Waals surface area contributed by atoms with E-state index >= 15 is 0 Å². The van der Waals surface area contributed by atoms with E-state index in [2.05, 4.69) is 130 Å². The summed E-state index contributed by atoms with van der Waals surface area (Å²) in [6.07, 6.45) is 16.7. The fourth-order valence-corrected chi connectivity index (χ4v) is 10.7. The Morgan fingerprint density at radius 1 is 0.431 bits per heavy atom. The van der Waals surface area contributed by atoms with E-state index in [0.29, 0.717) is 49.4 Å². The van der Waals surface area contributed by atoms with E-state index in [1.807, 2.05) is 136 Å². The van der Waals surface area contributed by atoms with Crippen molar-refractivity contribution in [1.82, 2.24) is 0 Å². The van der Waals surface area contributed by atoms with Crippen LogP contribution in [0.3, 0.4) is 0 Å². The molecule has 5 aromatic carbocycles. The molecule has 102 heavy (non-hydrogen) atoms. The lowest BCUT2D eigenvalue weighted by molar-refractivity contribution is -0.180. The predicted molar refractivity (Wildman–Crippen MR) is 415 cm³/mol. The Balaban J connectivity index is 0.000000322. The third-order valence-corrected chi connectivity index (χ3v) is 19.2. The second-order valence-electron chi connectivity index (χ2n) is 28.7. The van der Waals surface area contributed by atoms with Crippen molar-refractivity contribution in [3.05, 3.63) is 155 Å². The van der Waals surface area contributed by atoms with Crippen LogP contribution < -0.4 is 18.9 Å². The van der Waals surface area contributed by atoms with Crippen molar-refractivity contribution in [3.63, 3.8) is 0 Å². The smallest absolute Gasteiger partial charge is 0.313 e. The number of esters is 2. The third-order valence-electron chi connectivity index (χ3n) is 19.2. The molecule has 0 N–H and O–H groups in total. The van der Waals surface area contributed by atoms with Gasteiger partial charge in [0.2, 0.25) is 12.6 Å². The molecule has 8 rings (SSSR count). The van der Waals surface area contributed by atoms with Gasteiger partial charge in [0, 0.05) is 19.4 Å². The summed E-state index contributed by atoms with van der Waals surface area (Å²) in [4.78, 5) is 22.8. The molecule has 0 amide bonds. The first kappa shape index (κ1) is 90.2. The lowest BCUT2D eigenvalue weighted by Gasteiger charge is -2.22. The first-order chi connectivity index (χ1) is 48.9. The molecule has 0 radical (unpaired) electrons. The highest BCUT2D eigenvalue weighted by Gasteiger charge is 2.31. The van der Waals surface area contributed by atoms with Gasteiger partial charge in [0.25, 0.3) is 0 Å². The standard InChI is InChI=1S/C20H32O2.C19H24O2.C16H26O2.C14H22O2.C10H18O3.C9H16O3/c1-4-16(2)19-10-12-20(13-11-19)22-17(3)21-15-14-18-8-6-5-7-9-18;1-4-15(2)18-10-12-19(13-11-18)21-16(3)20-14-17-8-6-5-7-9-17;1-6-13(4)15-7-9-16(10-8-15)18-14(5)17-11-12(2)3;1-5-11(3)13-7-9-14(10-8-13)16-12(4)15-6-2;1-4-10(2,3)9(11)13-8-6-5-7-12-8;1-3-7(2)9(10)12-8-5-4-6-11-8/h10-13,16-18H,4-9,14-15H2,1-3H3;5-13,15-16H,4,14H2,1-3H3;7-10,12-14H,6,11H2,1-5H3;7-12H,5-6H2,1-4H3;8H,4-7H2,1-3H3;7-8H,3-6H2,1-2H3. The van der Waals surface area contributed by atoms with Crippen molar-refractivity contribution in [1.29, 1.82) is 0 Å². The molecule has 0 spiro atoms. The van der Waals surface area contributed by atoms with E-state index in [1.165, 1.54) is 67.2 Å². The molecule has 2 aliphatic heterocycles. The van der Waals surface area contributed by atoms with E-state index in [4.69, 9.17) is 56.8 Å². The number of rotatable bonds is 34. The van der Waals surface area contributed by atoms with Gasteiger partial charge in [-0.25, -0.2) is 0 Å². The molecular formula is C88H138O14. The normalized spacial score (nSPS) is 17.7. The highest BCUT2D eigenvalue weighted by atomic mass is 16.7. The Hall–Kier alpha value is -6.00. The van der Waals surface area contributed by atoms with Crippen molar-refractivity contribution in [2.45, 2.75) is 309 Å². The maximum atomic E-state index is 11.5. The minimum Gasteiger partial charge on any atom is -0.465 e. The Morgan fingerprint density at radius 2 is 0.814 bits per heavy atom. The molecule has 574 valence electrons. The lowest BCUT2D eigenvalue weighted by Crippen LogP contribution is -2.29. The van der Waals surface area contributed by atoms with E-state index in [9.17, 15) is 9.59 Å². The fraction of sp³-hybridized carbons (Fsp3) is 0.636. The number of carbonyl (C=O) groups excluding carboxylic acids is 2. The summed E-state index contributed by atoms with van der Waals surface area (Å²) < 4.78 is 66.1. The zero-order valence-corrected chi connectivity index (χ0v) is 66.9. The number of hydrogen-bond donors (Lipinski definition) is 0. The SMILES string of the molecule is CCC(C)(C)C(=O)OC1CCCO1.CCC(C)C(=O)OC1CCCO1.CCC(C)c1ccc(OC(C)OCC(C)C)cc1.CCC(C)c1ccc(OC(C)OCCC2CCCCC2)cc1.CCC(C)c1ccc(OC(C)OCc2ccccc2)cc1.CCOC(C)Oc1ccc(C(C)CC)cc1. The van der Waals surface area contributed by atoms with Crippen LogP contribution in [0.15, 0.2) is 127 Å². The molecular weight excluding hydrogens is 1280 g/mol. The molecule has 5 aromatic rings. The van der Waals surface area contributed by atoms with Gasteiger partial charge in [0.1, 0.15) is 23.0 Å². The van der Waals surface area contributed by atoms with Gasteiger partial charge in [-0.05, 0) is 218 Å². The molecule has 14 heteroatoms. The molecule has 14 nitrogen and oxygen atoms in total. The quantitative estimate of drug-likeness (QED) is 0.0284. The van der Waals surface area contributed by atoms with Crippen molar-refractivity contribution in [3.8, 4) is 23.0 Å². The van der Waals surface area contributed by atoms with Crippen LogP contribution in [0.2, 0.25) is 0 Å². The fourth-order valence-electron chi connectivity index (χ4n) is 10.7. The summed E-state index contributed by atoms with van der Waals surface area (Å²) in [5, 5.41) is 0. The number of hydrogen-bond acceptors (Lipinski definition) is 14. The van der Waals surface area contributed by atoms with Crippen LogP contribution in [-0.4, -0.2) is 82.7 Å². The van der Waals surface area contributed by atoms with E-state index < -0.39 is 0 Å². The molecule has 0 bridgehead atoms. The average molecular weight is 1420 g/mol. The third kappa shape index (κ3) is 38.1. The minimum atomic E-state index is -0.383. The lowest BCUT2D eigenvalue weighted by atomic mass is 9.87. The van der Waals surface area contributed by atoms with Gasteiger partial charge in [-0.15, -0.1) is 0 Å². The largest absolute Gasteiger partial charge is 0.465 e. The first-order valence-corrected chi connectivity index (χ1v) is 39.1. The van der Waals surface area contributed by atoms with Gasteiger partial charge < -0.3 is 56.8 Å². The van der Waals surface area contributed by atoms with Gasteiger partial charge in [-0.2, -0.15) is 0 Å². The van der Waals surface area contributed by atoms with Gasteiger partial charge >= 0.3 is 11.9 Å². The van der Waals surface area contributed by atoms with Crippen LogP contribution in [0.1, 0.15) is 293 Å². The van der Waals surface area contributed by atoms with Crippen LogP contribution in [0.4, 0.5) is 0 Å². The van der Waals surface area contributed by atoms with Crippen LogP contribution >= 0.6 is 0 Å². The van der Waals surface area contributed by atoms with Crippen molar-refractivity contribution >= 4 is 11.9 Å².